The summed E-state index contributed by atoms with van der Waals surface area (Å²) in [5.74, 6) is -0.623. The van der Waals surface area contributed by atoms with Gasteiger partial charge in [-0.1, -0.05) is 6.07 Å². The van der Waals surface area contributed by atoms with Crippen molar-refractivity contribution in [2.75, 3.05) is 19.7 Å². The summed E-state index contributed by atoms with van der Waals surface area (Å²) in [6.07, 6.45) is 1.11. The Morgan fingerprint density at radius 1 is 1.27 bits per heavy atom. The normalized spacial score (nSPS) is 15.9. The molecule has 1 aliphatic heterocycles. The van der Waals surface area contributed by atoms with Gasteiger partial charge in [0.05, 0.1) is 17.4 Å². The third-order valence-electron chi connectivity index (χ3n) is 4.18. The van der Waals surface area contributed by atoms with E-state index in [1.807, 2.05) is 0 Å². The van der Waals surface area contributed by atoms with Gasteiger partial charge in [-0.15, -0.1) is 0 Å². The van der Waals surface area contributed by atoms with Crippen molar-refractivity contribution in [3.05, 3.63) is 29.8 Å². The van der Waals surface area contributed by atoms with Crippen LogP contribution >= 0.6 is 0 Å². The van der Waals surface area contributed by atoms with Gasteiger partial charge in [0.15, 0.2) is 0 Å². The minimum atomic E-state index is -3.65. The highest BCUT2D eigenvalue weighted by atomic mass is 32.2. The van der Waals surface area contributed by atoms with E-state index in [-0.39, 0.29) is 28.7 Å². The summed E-state index contributed by atoms with van der Waals surface area (Å²) in [4.78, 5) is 26.2. The third-order valence-corrected chi connectivity index (χ3v) is 5.84. The number of nitrogens with one attached hydrogen (secondary N) is 1. The van der Waals surface area contributed by atoms with E-state index in [9.17, 15) is 18.0 Å². The van der Waals surface area contributed by atoms with Crippen LogP contribution in [0.3, 0.4) is 0 Å². The van der Waals surface area contributed by atoms with Crippen molar-refractivity contribution in [3.63, 3.8) is 0 Å². The van der Waals surface area contributed by atoms with Gasteiger partial charge in [0.1, 0.15) is 0 Å². The van der Waals surface area contributed by atoms with Crippen LogP contribution in [0.25, 0.3) is 0 Å². The van der Waals surface area contributed by atoms with E-state index >= 15 is 0 Å². The van der Waals surface area contributed by atoms with Gasteiger partial charge >= 0.3 is 5.97 Å². The van der Waals surface area contributed by atoms with Crippen LogP contribution in [0.15, 0.2) is 29.2 Å². The molecular weight excluding hydrogens is 356 g/mol. The molecule has 1 saturated heterocycles. The first kappa shape index (κ1) is 20.4. The number of ether oxygens (including phenoxy) is 1. The van der Waals surface area contributed by atoms with Gasteiger partial charge in [-0.25, -0.2) is 13.1 Å². The first-order valence-electron chi connectivity index (χ1n) is 8.83. The number of benzene rings is 1. The number of carbonyl (C=O) groups is 2. The van der Waals surface area contributed by atoms with E-state index < -0.39 is 10.0 Å². The second-order valence-corrected chi connectivity index (χ2v) is 8.34. The standard InChI is InChI=1S/C18H26N2O5S/c1-4-25-18(22)14-8-10-20(11-9-14)17(21)15-6-5-7-16(12-15)26(23,24)19-13(2)3/h5-7,12-14,19H,4,8-11H2,1-3H3. The van der Waals surface area contributed by atoms with Gasteiger partial charge in [0.25, 0.3) is 5.91 Å². The van der Waals surface area contributed by atoms with E-state index in [4.69, 9.17) is 4.74 Å². The highest BCUT2D eigenvalue weighted by Crippen LogP contribution is 2.21. The van der Waals surface area contributed by atoms with Gasteiger partial charge in [-0.05, 0) is 51.8 Å². The zero-order chi connectivity index (χ0) is 19.3. The summed E-state index contributed by atoms with van der Waals surface area (Å²) in [6, 6.07) is 5.79. The molecule has 1 aromatic carbocycles. The molecule has 144 valence electrons. The average molecular weight is 382 g/mol. The Balaban J connectivity index is 2.07. The maximum absolute atomic E-state index is 12.7. The molecular formula is C18H26N2O5S. The molecule has 1 heterocycles. The van der Waals surface area contributed by atoms with Gasteiger partial charge in [-0.2, -0.15) is 0 Å². The molecule has 1 aliphatic rings. The van der Waals surface area contributed by atoms with Crippen LogP contribution in [-0.2, 0) is 19.6 Å². The molecule has 0 radical (unpaired) electrons. The molecule has 1 aromatic rings. The van der Waals surface area contributed by atoms with Crippen LogP contribution in [0.1, 0.15) is 44.0 Å². The summed E-state index contributed by atoms with van der Waals surface area (Å²) < 4.78 is 32.1. The van der Waals surface area contributed by atoms with Crippen LogP contribution in [0, 0.1) is 5.92 Å². The monoisotopic (exact) mass is 382 g/mol. The Hall–Kier alpha value is -1.93. The lowest BCUT2D eigenvalue weighted by Crippen LogP contribution is -2.40. The van der Waals surface area contributed by atoms with Crippen molar-refractivity contribution in [1.29, 1.82) is 0 Å². The van der Waals surface area contributed by atoms with Crippen LogP contribution in [-0.4, -0.2) is 50.9 Å². The Labute approximate surface area is 154 Å². The second kappa shape index (κ2) is 8.64. The fraction of sp³-hybridized carbons (Fsp3) is 0.556. The minimum absolute atomic E-state index is 0.0680. The molecule has 7 nitrogen and oxygen atoms in total. The minimum Gasteiger partial charge on any atom is -0.466 e. The Bertz CT molecular complexity index is 753. The number of hydrogen-bond acceptors (Lipinski definition) is 5. The Morgan fingerprint density at radius 3 is 2.50 bits per heavy atom. The molecule has 2 rings (SSSR count). The van der Waals surface area contributed by atoms with Gasteiger partial charge in [-0.3, -0.25) is 9.59 Å². The number of rotatable bonds is 6. The highest BCUT2D eigenvalue weighted by molar-refractivity contribution is 7.89. The first-order chi connectivity index (χ1) is 12.2. The largest absolute Gasteiger partial charge is 0.466 e. The molecule has 0 saturated carbocycles. The SMILES string of the molecule is CCOC(=O)C1CCN(C(=O)c2cccc(S(=O)(=O)NC(C)C)c2)CC1. The van der Waals surface area contributed by atoms with Crippen molar-refractivity contribution in [3.8, 4) is 0 Å². The summed E-state index contributed by atoms with van der Waals surface area (Å²) in [7, 11) is -3.65. The quantitative estimate of drug-likeness (QED) is 0.757. The lowest BCUT2D eigenvalue weighted by molar-refractivity contribution is -0.149. The topological polar surface area (TPSA) is 92.8 Å². The average Bonchev–Trinajstić information content (AvgIpc) is 2.60. The van der Waals surface area contributed by atoms with Crippen molar-refractivity contribution < 1.29 is 22.7 Å². The van der Waals surface area contributed by atoms with E-state index in [1.165, 1.54) is 12.1 Å². The van der Waals surface area contributed by atoms with Crippen molar-refractivity contribution in [2.45, 2.75) is 44.6 Å². The molecule has 0 unspecified atom stereocenters. The summed E-state index contributed by atoms with van der Waals surface area (Å²) in [5.41, 5.74) is 0.325. The van der Waals surface area contributed by atoms with Crippen LogP contribution in [0.5, 0.6) is 0 Å². The lowest BCUT2D eigenvalue weighted by atomic mass is 9.96. The van der Waals surface area contributed by atoms with Crippen LogP contribution in [0.2, 0.25) is 0 Å². The third kappa shape index (κ3) is 5.04. The number of hydrogen-bond donors (Lipinski definition) is 1. The predicted molar refractivity (Wildman–Crippen MR) is 97.2 cm³/mol. The van der Waals surface area contributed by atoms with Crippen LogP contribution in [0.4, 0.5) is 0 Å². The van der Waals surface area contributed by atoms with Crippen molar-refractivity contribution in [2.24, 2.45) is 5.92 Å². The fourth-order valence-electron chi connectivity index (χ4n) is 2.94. The van der Waals surface area contributed by atoms with E-state index in [1.54, 1.807) is 37.8 Å². The van der Waals surface area contributed by atoms with Crippen LogP contribution < -0.4 is 4.72 Å². The summed E-state index contributed by atoms with van der Waals surface area (Å²) in [5, 5.41) is 0. The summed E-state index contributed by atoms with van der Waals surface area (Å²) >= 11 is 0. The Kier molecular flexibility index (Phi) is 6.77. The number of esters is 1. The molecule has 0 aromatic heterocycles. The Morgan fingerprint density at radius 2 is 1.92 bits per heavy atom. The maximum Gasteiger partial charge on any atom is 0.309 e. The molecule has 8 heteroatoms. The first-order valence-corrected chi connectivity index (χ1v) is 10.3. The smallest absolute Gasteiger partial charge is 0.309 e. The molecule has 0 atom stereocenters. The second-order valence-electron chi connectivity index (χ2n) is 6.62. The van der Waals surface area contributed by atoms with E-state index in [2.05, 4.69) is 4.72 Å². The summed E-state index contributed by atoms with van der Waals surface area (Å²) in [6.45, 7) is 6.49. The molecule has 0 aliphatic carbocycles. The fourth-order valence-corrected chi connectivity index (χ4v) is 4.23. The van der Waals surface area contributed by atoms with Gasteiger partial charge < -0.3 is 9.64 Å². The maximum atomic E-state index is 12.7. The molecule has 1 fully saturated rings. The number of piperidine rings is 1. The number of likely N-dealkylation sites (tertiary alicyclic amines) is 1. The highest BCUT2D eigenvalue weighted by Gasteiger charge is 2.29. The van der Waals surface area contributed by atoms with E-state index in [0.717, 1.165) is 0 Å². The molecule has 1 N–H and O–H groups in total. The molecule has 0 spiro atoms. The van der Waals surface area contributed by atoms with Crippen molar-refractivity contribution in [1.82, 2.24) is 9.62 Å². The number of nitrogens with zero attached hydrogens (tertiary/aromatic N) is 1. The molecule has 26 heavy (non-hydrogen) atoms. The molecule has 0 bridgehead atoms. The van der Waals surface area contributed by atoms with Gasteiger partial charge in [0, 0.05) is 24.7 Å². The number of carbonyl (C=O) groups excluding carboxylic acids is 2. The van der Waals surface area contributed by atoms with E-state index in [0.29, 0.717) is 38.1 Å². The molecule has 1 amide bonds. The zero-order valence-corrected chi connectivity index (χ0v) is 16.2. The lowest BCUT2D eigenvalue weighted by Gasteiger charge is -2.31. The number of sulfonamides is 1. The predicted octanol–water partition coefficient (Wildman–Crippen LogP) is 1.79. The van der Waals surface area contributed by atoms with Gasteiger partial charge in [0.2, 0.25) is 10.0 Å². The van der Waals surface area contributed by atoms with Crippen molar-refractivity contribution >= 4 is 21.9 Å². The number of amides is 1. The zero-order valence-electron chi connectivity index (χ0n) is 15.4.